The summed E-state index contributed by atoms with van der Waals surface area (Å²) in [7, 11) is 0. The smallest absolute Gasteiger partial charge is 0.256 e. The summed E-state index contributed by atoms with van der Waals surface area (Å²) in [4.78, 5) is 1.78. The molecule has 6 heteroatoms. The Morgan fingerprint density at radius 3 is 1.51 bits per heavy atom. The minimum Gasteiger partial charge on any atom is -0.458 e. The van der Waals surface area contributed by atoms with Gasteiger partial charge in [-0.3, -0.25) is 0 Å². The summed E-state index contributed by atoms with van der Waals surface area (Å²) in [5.41, 5.74) is 2.02. The van der Waals surface area contributed by atoms with E-state index in [0.717, 1.165) is 25.8 Å². The molecule has 0 amide bonds. The highest BCUT2D eigenvalue weighted by atomic mass is 16.5. The van der Waals surface area contributed by atoms with Crippen molar-refractivity contribution in [3.05, 3.63) is 277 Å². The fraction of sp³-hybridized carbons (Fsp3) is 0.0886. The number of hydrogen-bond donors (Lipinski definition) is 0. The van der Waals surface area contributed by atoms with Gasteiger partial charge in [0.1, 0.15) is 23.0 Å². The average molecular weight is 1110 g/mol. The molecule has 0 saturated heterocycles. The number of para-hydroxylation sites is 5. The van der Waals surface area contributed by atoms with Gasteiger partial charge in [0.05, 0.1) is 57.9 Å². The summed E-state index contributed by atoms with van der Waals surface area (Å²) in [5, 5.41) is -1.44. The molecule has 0 spiro atoms. The highest BCUT2D eigenvalue weighted by Gasteiger charge is 2.44. The lowest BCUT2D eigenvalue weighted by molar-refractivity contribution is 0.418. The second-order valence-electron chi connectivity index (χ2n) is 23.1. The molecular formula is C79H58BN3O2. The summed E-state index contributed by atoms with van der Waals surface area (Å²) in [6, 6.07) is 23.8. The Hall–Kier alpha value is -10.3. The molecular weight excluding hydrogens is 1030 g/mol. The SMILES string of the molecule is [2H]c1c([2H])c(-n2c3c([2H])c([2H])c([2H])c([2H])c3c3c([2H])c([2H])c([2H])c([2H])c32)c([2H])c2c1B1c3c(cc(-c4ccc5c(c4)C(C)(C)c4ccccc4O5)cc3N(c3c(-c4ccccc4)cc(C(C)(C)C)cc3-c3ccccc3)c3c([2H])c(-n4c5c([2H])c([2H])c([2H])c([2H])c5c5c([2H])c([2H])c([2H])c([2H])c54)c([2H])c([2H])c31)O2. The normalized spacial score (nSPS) is 17.3. The average Bonchev–Trinajstić information content (AvgIpc) is 1.64. The molecule has 12 aromatic carbocycles. The van der Waals surface area contributed by atoms with Crippen molar-refractivity contribution in [2.75, 3.05) is 4.90 Å². The molecule has 0 saturated carbocycles. The molecule has 5 heterocycles. The van der Waals surface area contributed by atoms with Gasteiger partial charge in [-0.05, 0) is 134 Å². The van der Waals surface area contributed by atoms with Gasteiger partial charge in [-0.25, -0.2) is 0 Å². The molecule has 14 aromatic rings. The molecule has 5 nitrogen and oxygen atoms in total. The zero-order chi connectivity index (χ0) is 76.0. The van der Waals surface area contributed by atoms with Crippen LogP contribution in [-0.4, -0.2) is 15.8 Å². The third kappa shape index (κ3) is 7.44. The van der Waals surface area contributed by atoms with Gasteiger partial charge in [0.25, 0.3) is 6.71 Å². The van der Waals surface area contributed by atoms with Crippen molar-refractivity contribution in [2.45, 2.75) is 45.4 Å². The second-order valence-corrected chi connectivity index (χ2v) is 23.1. The van der Waals surface area contributed by atoms with E-state index in [2.05, 4.69) is 34.6 Å². The molecule has 0 radical (unpaired) electrons. The van der Waals surface area contributed by atoms with E-state index >= 15 is 0 Å². The Balaban J connectivity index is 1.09. The van der Waals surface area contributed by atoms with Crippen molar-refractivity contribution in [3.63, 3.8) is 0 Å². The van der Waals surface area contributed by atoms with E-state index < -0.39 is 190 Å². The fourth-order valence-electron chi connectivity index (χ4n) is 12.8. The molecule has 3 aliphatic heterocycles. The van der Waals surface area contributed by atoms with Gasteiger partial charge in [0.15, 0.2) is 0 Å². The maximum Gasteiger partial charge on any atom is 0.256 e. The molecule has 85 heavy (non-hydrogen) atoms. The third-order valence-corrected chi connectivity index (χ3v) is 16.9. The van der Waals surface area contributed by atoms with Crippen molar-refractivity contribution in [3.8, 4) is 67.8 Å². The van der Waals surface area contributed by atoms with Gasteiger partial charge in [0.2, 0.25) is 0 Å². The number of hydrogen-bond acceptors (Lipinski definition) is 3. The van der Waals surface area contributed by atoms with Gasteiger partial charge in [-0.1, -0.05) is 204 Å². The largest absolute Gasteiger partial charge is 0.458 e. The Kier molecular flexibility index (Phi) is 6.90. The van der Waals surface area contributed by atoms with Crippen LogP contribution in [0, 0.1) is 0 Å². The van der Waals surface area contributed by atoms with Gasteiger partial charge < -0.3 is 23.5 Å². The summed E-state index contributed by atoms with van der Waals surface area (Å²) in [6.07, 6.45) is 0. The Morgan fingerprint density at radius 1 is 0.424 bits per heavy atom. The highest BCUT2D eigenvalue weighted by Crippen LogP contribution is 2.54. The quantitative estimate of drug-likeness (QED) is 0.156. The number of anilines is 3. The fourth-order valence-corrected chi connectivity index (χ4v) is 12.8. The van der Waals surface area contributed by atoms with Crippen LogP contribution in [0.4, 0.5) is 17.1 Å². The summed E-state index contributed by atoms with van der Waals surface area (Å²) >= 11 is 0. The first-order chi connectivity index (χ1) is 50.7. The van der Waals surface area contributed by atoms with E-state index in [1.165, 1.54) is 0 Å². The van der Waals surface area contributed by atoms with Crippen LogP contribution >= 0.6 is 0 Å². The molecule has 0 fully saturated rings. The zero-order valence-corrected chi connectivity index (χ0v) is 46.4. The van der Waals surface area contributed by atoms with Gasteiger partial charge >= 0.3 is 0 Å². The Labute approximate surface area is 526 Å². The highest BCUT2D eigenvalue weighted by molar-refractivity contribution is 6.99. The van der Waals surface area contributed by atoms with Crippen LogP contribution in [0.5, 0.6) is 23.0 Å². The van der Waals surface area contributed by atoms with Crippen LogP contribution in [0.2, 0.25) is 0 Å². The maximum atomic E-state index is 11.4. The van der Waals surface area contributed by atoms with Crippen LogP contribution in [-0.2, 0) is 10.8 Å². The molecule has 2 aromatic heterocycles. The predicted octanol–water partition coefficient (Wildman–Crippen LogP) is 19.0. The van der Waals surface area contributed by atoms with E-state index in [1.807, 2.05) is 121 Å². The van der Waals surface area contributed by atoms with Crippen molar-refractivity contribution >= 4 is 83.8 Å². The number of fused-ring (bicyclic) bond motifs is 12. The Bertz CT molecular complexity index is 6240. The van der Waals surface area contributed by atoms with Gasteiger partial charge in [-0.15, -0.1) is 0 Å². The number of nitrogens with zero attached hydrogens (tertiary/aromatic N) is 3. The lowest BCUT2D eigenvalue weighted by Gasteiger charge is -2.42. The molecule has 0 N–H and O–H groups in total. The lowest BCUT2D eigenvalue weighted by Crippen LogP contribution is -2.59. The number of ether oxygens (including phenoxy) is 2. The molecule has 0 aliphatic carbocycles. The van der Waals surface area contributed by atoms with Gasteiger partial charge in [-0.2, -0.15) is 0 Å². The first kappa shape index (κ1) is 31.9. The van der Waals surface area contributed by atoms with Crippen LogP contribution in [0.1, 0.15) is 81.5 Å². The predicted molar refractivity (Wildman–Crippen MR) is 355 cm³/mol. The zero-order valence-electron chi connectivity index (χ0n) is 68.4. The van der Waals surface area contributed by atoms with Gasteiger partial charge in [0, 0.05) is 78.0 Å². The lowest BCUT2D eigenvalue weighted by atomic mass is 9.34. The minimum atomic E-state index is -1.62. The topological polar surface area (TPSA) is 31.6 Å². The summed E-state index contributed by atoms with van der Waals surface area (Å²) in [5.74, 6) is 0.751. The first-order valence-electron chi connectivity index (χ1n) is 38.9. The number of rotatable bonds is 6. The third-order valence-electron chi connectivity index (χ3n) is 16.9. The molecule has 404 valence electrons. The van der Waals surface area contributed by atoms with E-state index in [-0.39, 0.29) is 55.1 Å². The van der Waals surface area contributed by atoms with Crippen LogP contribution in [0.3, 0.4) is 0 Å². The van der Waals surface area contributed by atoms with Crippen LogP contribution in [0.25, 0.3) is 88.4 Å². The van der Waals surface area contributed by atoms with Crippen molar-refractivity contribution in [2.24, 2.45) is 0 Å². The standard InChI is InChI=1S/C79H58BN3O2/c1-78(2,3)53-45-60(49-22-8-6-9-23-49)77(61(46-53)50-24-10-7-11-25-50)83-70-47-54(81-66-31-17-12-26-56(66)57-27-13-18-32-67(57)81)37-39-64(70)80-65-40-38-55(82-68-33-19-14-28-58(68)59-29-15-20-34-69(59)82)48-74(65)85-75-44-52(43-71(83)76(75)80)51-36-41-73-63(42-51)79(4,5)62-30-16-21-35-72(62)84-73/h6-48H,1-5H3/i12D,13D,14D,15D,17D,18D,19D,20D,26D,27D,28D,29D,31D,32D,33D,34D,37D,38D,39D,40D,47D,48D. The molecule has 0 unspecified atom stereocenters. The summed E-state index contributed by atoms with van der Waals surface area (Å²) in [6.45, 7) is 8.75. The Morgan fingerprint density at radius 2 is 0.929 bits per heavy atom. The second kappa shape index (κ2) is 18.4. The van der Waals surface area contributed by atoms with E-state index in [0.29, 0.717) is 50.6 Å². The molecule has 0 bridgehead atoms. The number of benzene rings is 12. The van der Waals surface area contributed by atoms with Crippen molar-refractivity contribution < 1.29 is 39.6 Å². The summed E-state index contributed by atoms with van der Waals surface area (Å²) < 4.78 is 228. The molecule has 17 rings (SSSR count). The van der Waals surface area contributed by atoms with Crippen molar-refractivity contribution in [1.29, 1.82) is 0 Å². The monoisotopic (exact) mass is 1110 g/mol. The molecule has 0 atom stereocenters. The molecule has 3 aliphatic rings. The minimum absolute atomic E-state index is 0.0170. The van der Waals surface area contributed by atoms with Crippen LogP contribution in [0.15, 0.2) is 260 Å². The first-order valence-corrected chi connectivity index (χ1v) is 27.9. The van der Waals surface area contributed by atoms with Crippen LogP contribution < -0.4 is 30.8 Å². The van der Waals surface area contributed by atoms with E-state index in [1.54, 1.807) is 11.0 Å². The van der Waals surface area contributed by atoms with Crippen molar-refractivity contribution in [1.82, 2.24) is 9.13 Å². The maximum absolute atomic E-state index is 11.4. The van der Waals surface area contributed by atoms with E-state index in [4.69, 9.17) is 20.4 Å². The number of aromatic nitrogens is 2. The van der Waals surface area contributed by atoms with E-state index in [9.17, 15) is 19.2 Å².